The van der Waals surface area contributed by atoms with Crippen molar-refractivity contribution < 1.29 is 14.3 Å². The highest BCUT2D eigenvalue weighted by Gasteiger charge is 2.02. The second-order valence-corrected chi connectivity index (χ2v) is 2.67. The molecule has 0 atom stereocenters. The molecule has 1 aromatic rings. The van der Waals surface area contributed by atoms with Crippen molar-refractivity contribution in [1.29, 1.82) is 0 Å². The zero-order valence-electron chi connectivity index (χ0n) is 8.16. The molecule has 0 N–H and O–H groups in total. The number of hydrogen-bond acceptors (Lipinski definition) is 3. The lowest BCUT2D eigenvalue weighted by Crippen LogP contribution is -2.01. The molecule has 0 bridgehead atoms. The minimum atomic E-state index is -0.367. The first-order valence-electron chi connectivity index (χ1n) is 4.06. The van der Waals surface area contributed by atoms with E-state index >= 15 is 0 Å². The predicted octanol–water partition coefficient (Wildman–Crippen LogP) is 1.96. The van der Waals surface area contributed by atoms with E-state index in [2.05, 4.69) is 12.7 Å². The van der Waals surface area contributed by atoms with Gasteiger partial charge in [-0.1, -0.05) is 6.58 Å². The van der Waals surface area contributed by atoms with Crippen molar-refractivity contribution in [2.45, 2.75) is 6.92 Å². The van der Waals surface area contributed by atoms with Crippen molar-refractivity contribution in [3.8, 4) is 11.5 Å². The van der Waals surface area contributed by atoms with Crippen molar-refractivity contribution in [3.63, 3.8) is 0 Å². The highest BCUT2D eigenvalue weighted by Crippen LogP contribution is 2.22. The maximum atomic E-state index is 10.7. The lowest BCUT2D eigenvalue weighted by molar-refractivity contribution is -0.131. The first-order valence-corrected chi connectivity index (χ1v) is 4.06. The van der Waals surface area contributed by atoms with Gasteiger partial charge in [0, 0.05) is 13.0 Å². The smallest absolute Gasteiger partial charge is 0.308 e. The largest absolute Gasteiger partial charge is 0.497 e. The van der Waals surface area contributed by atoms with E-state index in [1.54, 1.807) is 25.3 Å². The van der Waals surface area contributed by atoms with E-state index in [1.807, 2.05) is 0 Å². The summed E-state index contributed by atoms with van der Waals surface area (Å²) >= 11 is 0. The molecule has 14 heavy (non-hydrogen) atoms. The maximum absolute atomic E-state index is 10.7. The molecule has 3 heteroatoms. The summed E-state index contributed by atoms with van der Waals surface area (Å²) in [4.78, 5) is 10.7. The fraction of sp³-hybridized carbons (Fsp3) is 0.182. The number of hydrogen-bond donors (Lipinski definition) is 0. The Labute approximate surface area is 83.0 Å². The van der Waals surface area contributed by atoms with Crippen molar-refractivity contribution >= 4 is 5.97 Å². The molecule has 1 radical (unpaired) electrons. The summed E-state index contributed by atoms with van der Waals surface area (Å²) in [7, 11) is 1.54. The van der Waals surface area contributed by atoms with Gasteiger partial charge in [-0.2, -0.15) is 0 Å². The van der Waals surface area contributed by atoms with Crippen molar-refractivity contribution in [1.82, 2.24) is 0 Å². The highest BCUT2D eigenvalue weighted by atomic mass is 16.5. The maximum Gasteiger partial charge on any atom is 0.308 e. The Balaban J connectivity index is 3.03. The molecule has 1 aromatic carbocycles. The third kappa shape index (κ3) is 2.62. The van der Waals surface area contributed by atoms with Gasteiger partial charge in [-0.3, -0.25) is 4.79 Å². The van der Waals surface area contributed by atoms with Gasteiger partial charge in [0.2, 0.25) is 0 Å². The Morgan fingerprint density at radius 1 is 1.36 bits per heavy atom. The Bertz CT molecular complexity index is 356. The van der Waals surface area contributed by atoms with Crippen LogP contribution in [0.3, 0.4) is 0 Å². The summed E-state index contributed by atoms with van der Waals surface area (Å²) in [5.41, 5.74) is 0.723. The normalized spacial score (nSPS) is 9.29. The molecule has 0 aliphatic rings. The molecule has 0 saturated heterocycles. The van der Waals surface area contributed by atoms with Gasteiger partial charge in [0.25, 0.3) is 0 Å². The fourth-order valence-corrected chi connectivity index (χ4v) is 1.02. The van der Waals surface area contributed by atoms with Gasteiger partial charge in [0.15, 0.2) is 0 Å². The number of carbonyl (C=O) groups is 1. The number of rotatable bonds is 3. The van der Waals surface area contributed by atoms with Crippen molar-refractivity contribution in [2.75, 3.05) is 7.11 Å². The van der Waals surface area contributed by atoms with E-state index in [9.17, 15) is 4.79 Å². The number of carbonyl (C=O) groups excluding carboxylic acids is 1. The summed E-state index contributed by atoms with van der Waals surface area (Å²) in [6.07, 6.45) is 2.69. The third-order valence-electron chi connectivity index (χ3n) is 1.58. The summed E-state index contributed by atoms with van der Waals surface area (Å²) in [5.74, 6) is 0.672. The zero-order chi connectivity index (χ0) is 10.6. The molecular weight excluding hydrogens is 180 g/mol. The average molecular weight is 191 g/mol. The first kappa shape index (κ1) is 10.3. The van der Waals surface area contributed by atoms with Crippen LogP contribution in [-0.2, 0) is 4.79 Å². The van der Waals surface area contributed by atoms with Crippen LogP contribution in [0.15, 0.2) is 24.8 Å². The molecule has 0 amide bonds. The van der Waals surface area contributed by atoms with Crippen molar-refractivity contribution in [3.05, 3.63) is 36.4 Å². The van der Waals surface area contributed by atoms with Crippen LogP contribution >= 0.6 is 0 Å². The molecule has 0 spiro atoms. The van der Waals surface area contributed by atoms with Gasteiger partial charge < -0.3 is 9.47 Å². The number of methoxy groups -OCH3 is 1. The Hall–Kier alpha value is -1.77. The monoisotopic (exact) mass is 191 g/mol. The van der Waals surface area contributed by atoms with E-state index < -0.39 is 0 Å². The molecule has 0 fully saturated rings. The van der Waals surface area contributed by atoms with E-state index in [-0.39, 0.29) is 5.97 Å². The van der Waals surface area contributed by atoms with Crippen LogP contribution in [0.2, 0.25) is 0 Å². The minimum absolute atomic E-state index is 0.367. The van der Waals surface area contributed by atoms with Gasteiger partial charge in [-0.05, 0) is 23.8 Å². The van der Waals surface area contributed by atoms with Crippen LogP contribution in [0.25, 0.3) is 0 Å². The second-order valence-electron chi connectivity index (χ2n) is 2.67. The Kier molecular flexibility index (Phi) is 3.29. The summed E-state index contributed by atoms with van der Waals surface area (Å²) in [6.45, 7) is 4.85. The first-order chi connectivity index (χ1) is 6.65. The molecule has 0 aromatic heterocycles. The molecule has 3 nitrogen and oxygen atoms in total. The Morgan fingerprint density at radius 2 is 2.00 bits per heavy atom. The van der Waals surface area contributed by atoms with Crippen LogP contribution < -0.4 is 9.47 Å². The van der Waals surface area contributed by atoms with Gasteiger partial charge in [0.1, 0.15) is 11.5 Å². The van der Waals surface area contributed by atoms with E-state index in [4.69, 9.17) is 9.47 Å². The number of esters is 1. The van der Waals surface area contributed by atoms with E-state index in [0.717, 1.165) is 5.56 Å². The summed E-state index contributed by atoms with van der Waals surface area (Å²) in [5, 5.41) is 0. The lowest BCUT2D eigenvalue weighted by atomic mass is 10.2. The fourth-order valence-electron chi connectivity index (χ4n) is 1.02. The lowest BCUT2D eigenvalue weighted by Gasteiger charge is -2.05. The minimum Gasteiger partial charge on any atom is -0.497 e. The molecule has 0 aliphatic carbocycles. The van der Waals surface area contributed by atoms with Gasteiger partial charge >= 0.3 is 5.97 Å². The van der Waals surface area contributed by atoms with Crippen LogP contribution in [0.5, 0.6) is 11.5 Å². The van der Waals surface area contributed by atoms with Crippen LogP contribution in [0, 0.1) is 6.08 Å². The molecule has 0 aliphatic heterocycles. The molecular formula is C11H11O3. The van der Waals surface area contributed by atoms with E-state index in [1.165, 1.54) is 6.92 Å². The summed E-state index contributed by atoms with van der Waals surface area (Å²) < 4.78 is 9.93. The van der Waals surface area contributed by atoms with Crippen LogP contribution in [0.1, 0.15) is 12.5 Å². The van der Waals surface area contributed by atoms with Crippen LogP contribution in [0.4, 0.5) is 0 Å². The Morgan fingerprint density at radius 3 is 2.50 bits per heavy atom. The quantitative estimate of drug-likeness (QED) is 0.541. The molecule has 1 rings (SSSR count). The van der Waals surface area contributed by atoms with Gasteiger partial charge in [-0.25, -0.2) is 0 Å². The average Bonchev–Trinajstić information content (AvgIpc) is 2.16. The molecule has 73 valence electrons. The predicted molar refractivity (Wildman–Crippen MR) is 52.3 cm³/mol. The van der Waals surface area contributed by atoms with Gasteiger partial charge in [0.05, 0.1) is 7.11 Å². The second kappa shape index (κ2) is 4.46. The van der Waals surface area contributed by atoms with Gasteiger partial charge in [-0.15, -0.1) is 0 Å². The van der Waals surface area contributed by atoms with Crippen LogP contribution in [-0.4, -0.2) is 13.1 Å². The zero-order valence-corrected chi connectivity index (χ0v) is 8.16. The SMILES string of the molecule is C=[C]c1cc(OC)cc(OC(C)=O)c1. The topological polar surface area (TPSA) is 35.5 Å². The molecule has 0 saturated carbocycles. The number of benzene rings is 1. The van der Waals surface area contributed by atoms with Crippen molar-refractivity contribution in [2.24, 2.45) is 0 Å². The number of ether oxygens (including phenoxy) is 2. The third-order valence-corrected chi connectivity index (χ3v) is 1.58. The van der Waals surface area contributed by atoms with E-state index in [0.29, 0.717) is 11.5 Å². The highest BCUT2D eigenvalue weighted by molar-refractivity contribution is 5.69. The molecule has 0 heterocycles. The molecule has 0 unspecified atom stereocenters. The summed E-state index contributed by atoms with van der Waals surface area (Å²) in [6, 6.07) is 5.04. The standard InChI is InChI=1S/C11H11O3/c1-4-9-5-10(13-3)7-11(6-9)14-8(2)12/h5-7H,1H2,2-3H3.